The number of hydrogen-bond donors (Lipinski definition) is 1. The summed E-state index contributed by atoms with van der Waals surface area (Å²) in [4.78, 5) is 0.934. The molecule has 2 rings (SSSR count). The van der Waals surface area contributed by atoms with Crippen molar-refractivity contribution >= 4 is 16.3 Å². The van der Waals surface area contributed by atoms with Crippen LogP contribution in [0.3, 0.4) is 0 Å². The minimum Gasteiger partial charge on any atom is -0.324 e. The molecule has 0 saturated carbocycles. The van der Waals surface area contributed by atoms with Crippen LogP contribution in [0.15, 0.2) is 5.38 Å². The number of fused-ring (bicyclic) bond motifs is 1. The van der Waals surface area contributed by atoms with Crippen LogP contribution in [0.4, 0.5) is 0 Å². The maximum atomic E-state index is 5.57. The van der Waals surface area contributed by atoms with Gasteiger partial charge in [0.05, 0.1) is 6.54 Å². The molecule has 0 aliphatic carbocycles. The smallest absolute Gasteiger partial charge is 0.216 e. The summed E-state index contributed by atoms with van der Waals surface area (Å²) >= 11 is 1.61. The summed E-state index contributed by atoms with van der Waals surface area (Å²) in [5.74, 6) is 1.33. The molecule has 2 N–H and O–H groups in total. The molecule has 2 aromatic rings. The number of nitrogens with two attached hydrogens (primary N) is 1. The third kappa shape index (κ3) is 1.24. The number of thiazole rings is 1. The Bertz CT molecular complexity index is 415. The van der Waals surface area contributed by atoms with Crippen LogP contribution in [0, 0.1) is 0 Å². The molecule has 0 saturated heterocycles. The maximum absolute atomic E-state index is 5.57. The Morgan fingerprint density at radius 2 is 2.31 bits per heavy atom. The van der Waals surface area contributed by atoms with Crippen molar-refractivity contribution in [1.29, 1.82) is 0 Å². The van der Waals surface area contributed by atoms with Crippen LogP contribution in [0.1, 0.15) is 31.3 Å². The third-order valence-corrected chi connectivity index (χ3v) is 2.85. The van der Waals surface area contributed by atoms with Gasteiger partial charge < -0.3 is 5.73 Å². The predicted molar refractivity (Wildman–Crippen MR) is 52.8 cm³/mol. The molecule has 2 heterocycles. The van der Waals surface area contributed by atoms with Crippen LogP contribution >= 0.6 is 11.3 Å². The van der Waals surface area contributed by atoms with Crippen molar-refractivity contribution in [2.45, 2.75) is 26.3 Å². The lowest BCUT2D eigenvalue weighted by Crippen LogP contribution is -2.05. The highest BCUT2D eigenvalue weighted by Gasteiger charge is 2.12. The maximum Gasteiger partial charge on any atom is 0.216 e. The summed E-state index contributed by atoms with van der Waals surface area (Å²) in [5, 5.41) is 10.2. The van der Waals surface area contributed by atoms with Gasteiger partial charge >= 0.3 is 0 Å². The minimum atomic E-state index is 0.442. The van der Waals surface area contributed by atoms with Gasteiger partial charge in [-0.3, -0.25) is 4.40 Å². The quantitative estimate of drug-likeness (QED) is 0.789. The van der Waals surface area contributed by atoms with Gasteiger partial charge in [-0.2, -0.15) is 0 Å². The summed E-state index contributed by atoms with van der Waals surface area (Å²) in [7, 11) is 0. The Balaban J connectivity index is 2.68. The predicted octanol–water partition coefficient (Wildman–Crippen LogP) is 1.37. The van der Waals surface area contributed by atoms with Crippen molar-refractivity contribution in [1.82, 2.24) is 14.6 Å². The normalized spacial score (nSPS) is 11.7. The number of hydrogen-bond acceptors (Lipinski definition) is 4. The zero-order valence-electron chi connectivity index (χ0n) is 7.69. The zero-order valence-corrected chi connectivity index (χ0v) is 8.51. The van der Waals surface area contributed by atoms with Crippen molar-refractivity contribution < 1.29 is 0 Å². The van der Waals surface area contributed by atoms with E-state index in [0.717, 1.165) is 10.8 Å². The summed E-state index contributed by atoms with van der Waals surface area (Å²) in [6.07, 6.45) is 0. The third-order valence-electron chi connectivity index (χ3n) is 2.02. The largest absolute Gasteiger partial charge is 0.324 e. The van der Waals surface area contributed by atoms with Crippen molar-refractivity contribution in [3.63, 3.8) is 0 Å². The van der Waals surface area contributed by atoms with Crippen LogP contribution in [0.25, 0.3) is 4.96 Å². The van der Waals surface area contributed by atoms with Crippen LogP contribution in [0.5, 0.6) is 0 Å². The van der Waals surface area contributed by atoms with Gasteiger partial charge in [0.2, 0.25) is 4.96 Å². The molecule has 0 spiro atoms. The molecule has 0 radical (unpaired) electrons. The summed E-state index contributed by atoms with van der Waals surface area (Å²) in [5.41, 5.74) is 6.81. The lowest BCUT2D eigenvalue weighted by molar-refractivity contribution is 0.776. The van der Waals surface area contributed by atoms with Crippen LogP contribution in [0.2, 0.25) is 0 Å². The lowest BCUT2D eigenvalue weighted by atomic mass is 10.1. The minimum absolute atomic E-state index is 0.442. The van der Waals surface area contributed by atoms with Gasteiger partial charge in [-0.1, -0.05) is 13.8 Å². The van der Waals surface area contributed by atoms with E-state index in [-0.39, 0.29) is 0 Å². The molecule has 0 fully saturated rings. The fraction of sp³-hybridized carbons (Fsp3) is 0.500. The molecule has 70 valence electrons. The second kappa shape index (κ2) is 3.08. The standard InChI is InChI=1S/C8H12N4S/c1-5(2)6-4-13-8-11-10-7(3-9)12(6)8/h4-5H,3,9H2,1-2H3. The highest BCUT2D eigenvalue weighted by Crippen LogP contribution is 2.22. The fourth-order valence-electron chi connectivity index (χ4n) is 1.33. The van der Waals surface area contributed by atoms with Crippen molar-refractivity contribution in [2.75, 3.05) is 0 Å². The van der Waals surface area contributed by atoms with E-state index in [1.807, 2.05) is 0 Å². The van der Waals surface area contributed by atoms with E-state index in [1.54, 1.807) is 11.3 Å². The Morgan fingerprint density at radius 1 is 1.54 bits per heavy atom. The van der Waals surface area contributed by atoms with E-state index in [1.165, 1.54) is 5.69 Å². The van der Waals surface area contributed by atoms with Gasteiger partial charge in [0.25, 0.3) is 0 Å². The average Bonchev–Trinajstić information content (AvgIpc) is 2.61. The first-order chi connectivity index (χ1) is 6.24. The Morgan fingerprint density at radius 3 is 2.92 bits per heavy atom. The number of rotatable bonds is 2. The van der Waals surface area contributed by atoms with E-state index in [4.69, 9.17) is 5.73 Å². The van der Waals surface area contributed by atoms with E-state index in [9.17, 15) is 0 Å². The first kappa shape index (κ1) is 8.65. The highest BCUT2D eigenvalue weighted by atomic mass is 32.1. The number of aromatic nitrogens is 3. The van der Waals surface area contributed by atoms with Crippen LogP contribution in [-0.2, 0) is 6.54 Å². The topological polar surface area (TPSA) is 56.2 Å². The van der Waals surface area contributed by atoms with E-state index >= 15 is 0 Å². The van der Waals surface area contributed by atoms with Crippen molar-refractivity contribution in [2.24, 2.45) is 5.73 Å². The van der Waals surface area contributed by atoms with Gasteiger partial charge in [0.15, 0.2) is 5.82 Å². The van der Waals surface area contributed by atoms with E-state index in [0.29, 0.717) is 12.5 Å². The first-order valence-corrected chi connectivity index (χ1v) is 5.13. The van der Waals surface area contributed by atoms with Gasteiger partial charge in [-0.05, 0) is 5.92 Å². The molecular weight excluding hydrogens is 184 g/mol. The Hall–Kier alpha value is -0.940. The van der Waals surface area contributed by atoms with E-state index in [2.05, 4.69) is 33.8 Å². The summed E-state index contributed by atoms with van der Waals surface area (Å²) in [6, 6.07) is 0. The van der Waals surface area contributed by atoms with Crippen LogP contribution in [-0.4, -0.2) is 14.6 Å². The van der Waals surface area contributed by atoms with Gasteiger partial charge in [-0.25, -0.2) is 0 Å². The molecule has 0 bridgehead atoms. The Labute approximate surface area is 80.4 Å². The monoisotopic (exact) mass is 196 g/mol. The molecule has 0 unspecified atom stereocenters. The second-order valence-electron chi connectivity index (χ2n) is 3.25. The molecular formula is C8H12N4S. The SMILES string of the molecule is CC(C)c1csc2nnc(CN)n12. The zero-order chi connectivity index (χ0) is 9.42. The second-order valence-corrected chi connectivity index (χ2v) is 4.09. The van der Waals surface area contributed by atoms with Crippen molar-refractivity contribution in [3.05, 3.63) is 16.9 Å². The molecule has 0 amide bonds. The molecule has 0 aliphatic heterocycles. The van der Waals surface area contributed by atoms with Crippen molar-refractivity contribution in [3.8, 4) is 0 Å². The molecule has 0 aromatic carbocycles. The molecule has 5 heteroatoms. The Kier molecular flexibility index (Phi) is 2.05. The fourth-order valence-corrected chi connectivity index (χ4v) is 2.34. The van der Waals surface area contributed by atoms with Gasteiger partial charge in [-0.15, -0.1) is 21.5 Å². The van der Waals surface area contributed by atoms with Crippen LogP contribution < -0.4 is 5.73 Å². The highest BCUT2D eigenvalue weighted by molar-refractivity contribution is 7.15. The summed E-state index contributed by atoms with van der Waals surface area (Å²) < 4.78 is 2.05. The summed E-state index contributed by atoms with van der Waals surface area (Å²) in [6.45, 7) is 4.75. The first-order valence-electron chi connectivity index (χ1n) is 4.25. The lowest BCUT2D eigenvalue weighted by Gasteiger charge is -2.03. The molecule has 13 heavy (non-hydrogen) atoms. The van der Waals surface area contributed by atoms with E-state index < -0.39 is 0 Å². The molecule has 2 aromatic heterocycles. The van der Waals surface area contributed by atoms with Gasteiger partial charge in [0.1, 0.15) is 0 Å². The number of nitrogens with zero attached hydrogens (tertiary/aromatic N) is 3. The average molecular weight is 196 g/mol. The molecule has 0 aliphatic rings. The van der Waals surface area contributed by atoms with Gasteiger partial charge in [0, 0.05) is 11.1 Å². The molecule has 0 atom stereocenters. The molecule has 4 nitrogen and oxygen atoms in total.